The van der Waals surface area contributed by atoms with Gasteiger partial charge in [0.2, 0.25) is 11.8 Å². The number of nitrogens with one attached hydrogen (secondary N) is 4. The summed E-state index contributed by atoms with van der Waals surface area (Å²) in [5, 5.41) is 11.5. The molecule has 14 nitrogen and oxygen atoms in total. The number of fused-ring (bicyclic) bond motifs is 2. The van der Waals surface area contributed by atoms with Crippen molar-refractivity contribution in [3.8, 4) is 0 Å². The number of piperazine rings is 1. The molecule has 2 saturated heterocycles. The number of carbonyl (C=O) groups is 6. The van der Waals surface area contributed by atoms with Crippen LogP contribution in [-0.2, 0) is 19.2 Å². The number of piperidine rings is 1. The van der Waals surface area contributed by atoms with E-state index < -0.39 is 29.7 Å². The number of para-hydroxylation sites is 1. The minimum absolute atomic E-state index is 0.0769. The SMILES string of the molecule is CNC(=O)C1=C(Nc2ccccc2)C2=CC(=C3C=CC(C(=O)NCCCCN4CCN(c5cccc6c5C(=O)N(C5CCC(=O)NC5=O)C6=O)CC4)=CC3)C=CC2N=C1. The largest absolute Gasteiger partial charge is 0.368 e. The van der Waals surface area contributed by atoms with E-state index in [1.54, 1.807) is 25.4 Å². The van der Waals surface area contributed by atoms with Gasteiger partial charge in [-0.2, -0.15) is 0 Å². The highest BCUT2D eigenvalue weighted by molar-refractivity contribution is 6.25. The average Bonchev–Trinajstić information content (AvgIpc) is 3.52. The van der Waals surface area contributed by atoms with Crippen molar-refractivity contribution < 1.29 is 28.8 Å². The van der Waals surface area contributed by atoms with Crippen molar-refractivity contribution in [2.24, 2.45) is 4.99 Å². The van der Waals surface area contributed by atoms with Crippen LogP contribution in [0.2, 0.25) is 0 Å². The van der Waals surface area contributed by atoms with Crippen molar-refractivity contribution in [2.75, 3.05) is 56.5 Å². The molecule has 302 valence electrons. The Morgan fingerprint density at radius 1 is 0.898 bits per heavy atom. The number of hydrogen-bond acceptors (Lipinski definition) is 10. The monoisotopic (exact) mass is 794 g/mol. The van der Waals surface area contributed by atoms with Gasteiger partial charge in [-0.05, 0) is 79.8 Å². The van der Waals surface area contributed by atoms with Gasteiger partial charge in [0, 0.05) is 69.2 Å². The number of amides is 6. The Hall–Kier alpha value is -6.67. The molecule has 0 bridgehead atoms. The number of anilines is 2. The number of benzene rings is 2. The molecule has 6 aliphatic rings. The molecular weight excluding hydrogens is 749 g/mol. The Balaban J connectivity index is 0.804. The van der Waals surface area contributed by atoms with Crippen LogP contribution in [0.1, 0.15) is 52.8 Å². The van der Waals surface area contributed by atoms with Gasteiger partial charge in [0.15, 0.2) is 0 Å². The molecule has 0 saturated carbocycles. The Morgan fingerprint density at radius 2 is 1.71 bits per heavy atom. The van der Waals surface area contributed by atoms with Gasteiger partial charge in [-0.15, -0.1) is 0 Å². The fraction of sp³-hybridized carbons (Fsp3) is 0.311. The first-order valence-electron chi connectivity index (χ1n) is 20.1. The van der Waals surface area contributed by atoms with E-state index in [0.29, 0.717) is 54.1 Å². The van der Waals surface area contributed by atoms with E-state index in [1.165, 1.54) is 0 Å². The fourth-order valence-corrected chi connectivity index (χ4v) is 8.30. The molecule has 2 unspecified atom stereocenters. The van der Waals surface area contributed by atoms with Crippen LogP contribution >= 0.6 is 0 Å². The molecule has 2 fully saturated rings. The van der Waals surface area contributed by atoms with E-state index in [2.05, 4.69) is 42.1 Å². The first-order chi connectivity index (χ1) is 28.7. The maximum atomic E-state index is 13.6. The quantitative estimate of drug-likeness (QED) is 0.197. The number of likely N-dealkylation sites (N-methyl/N-ethyl adjacent to an activating group) is 1. The molecule has 2 aromatic rings. The van der Waals surface area contributed by atoms with Crippen LogP contribution < -0.4 is 26.2 Å². The van der Waals surface area contributed by atoms with Crippen molar-refractivity contribution in [3.05, 3.63) is 130 Å². The summed E-state index contributed by atoms with van der Waals surface area (Å²) in [6, 6.07) is 13.7. The number of carbonyl (C=O) groups excluding carboxylic acids is 6. The highest BCUT2D eigenvalue weighted by atomic mass is 16.2. The number of aliphatic imine (C=N–C) groups is 1. The highest BCUT2D eigenvalue weighted by Gasteiger charge is 2.46. The van der Waals surface area contributed by atoms with Gasteiger partial charge in [-0.1, -0.05) is 48.6 Å². The Kier molecular flexibility index (Phi) is 11.3. The lowest BCUT2D eigenvalue weighted by molar-refractivity contribution is -0.136. The van der Waals surface area contributed by atoms with Crippen LogP contribution in [-0.4, -0.2) is 110 Å². The third-order valence-corrected chi connectivity index (χ3v) is 11.5. The number of dihydropyridines is 1. The van der Waals surface area contributed by atoms with E-state index in [1.807, 2.05) is 66.8 Å². The van der Waals surface area contributed by atoms with Crippen molar-refractivity contribution in [2.45, 2.75) is 44.2 Å². The fourth-order valence-electron chi connectivity index (χ4n) is 8.30. The van der Waals surface area contributed by atoms with Crippen LogP contribution in [0.4, 0.5) is 11.4 Å². The number of nitrogens with zero attached hydrogens (tertiary/aromatic N) is 4. The summed E-state index contributed by atoms with van der Waals surface area (Å²) < 4.78 is 0. The predicted molar refractivity (Wildman–Crippen MR) is 224 cm³/mol. The Morgan fingerprint density at radius 3 is 2.46 bits per heavy atom. The van der Waals surface area contributed by atoms with E-state index in [-0.39, 0.29) is 36.3 Å². The Bertz CT molecular complexity index is 2330. The van der Waals surface area contributed by atoms with Gasteiger partial charge in [0.1, 0.15) is 6.04 Å². The highest BCUT2D eigenvalue weighted by Crippen LogP contribution is 2.36. The summed E-state index contributed by atoms with van der Waals surface area (Å²) in [6.45, 7) is 4.33. The summed E-state index contributed by atoms with van der Waals surface area (Å²) >= 11 is 0. The van der Waals surface area contributed by atoms with E-state index >= 15 is 0 Å². The zero-order chi connectivity index (χ0) is 41.0. The molecular formula is C45H46N8O6. The van der Waals surface area contributed by atoms with Gasteiger partial charge in [0.25, 0.3) is 23.6 Å². The maximum Gasteiger partial charge on any atom is 0.264 e. The second-order valence-corrected chi connectivity index (χ2v) is 15.2. The normalized spacial score (nSPS) is 22.8. The zero-order valence-electron chi connectivity index (χ0n) is 32.8. The smallest absolute Gasteiger partial charge is 0.264 e. The summed E-state index contributed by atoms with van der Waals surface area (Å²) in [7, 11) is 1.60. The van der Waals surface area contributed by atoms with Crippen LogP contribution in [0.3, 0.4) is 0 Å². The summed E-state index contributed by atoms with van der Waals surface area (Å²) in [5.74, 6) is -2.35. The summed E-state index contributed by atoms with van der Waals surface area (Å²) in [4.78, 5) is 87.1. The lowest BCUT2D eigenvalue weighted by atomic mass is 9.87. The van der Waals surface area contributed by atoms with Gasteiger partial charge in [-0.25, -0.2) is 0 Å². The van der Waals surface area contributed by atoms with Gasteiger partial charge >= 0.3 is 0 Å². The van der Waals surface area contributed by atoms with Crippen molar-refractivity contribution >= 4 is 53.0 Å². The number of hydrogen-bond donors (Lipinski definition) is 4. The van der Waals surface area contributed by atoms with Crippen molar-refractivity contribution in [1.29, 1.82) is 0 Å². The molecule has 0 aromatic heterocycles. The van der Waals surface area contributed by atoms with E-state index in [9.17, 15) is 28.8 Å². The predicted octanol–water partition coefficient (Wildman–Crippen LogP) is 3.35. The van der Waals surface area contributed by atoms with Crippen LogP contribution in [0.5, 0.6) is 0 Å². The summed E-state index contributed by atoms with van der Waals surface area (Å²) in [5.41, 5.74) is 6.91. The second kappa shape index (κ2) is 17.0. The first kappa shape index (κ1) is 39.2. The zero-order valence-corrected chi connectivity index (χ0v) is 32.8. The second-order valence-electron chi connectivity index (χ2n) is 15.2. The first-order valence-corrected chi connectivity index (χ1v) is 20.1. The molecule has 14 heteroatoms. The van der Waals surface area contributed by atoms with Gasteiger partial charge in [0.05, 0.1) is 34.1 Å². The molecule has 8 rings (SSSR count). The lowest BCUT2D eigenvalue weighted by Gasteiger charge is -2.36. The van der Waals surface area contributed by atoms with Crippen molar-refractivity contribution in [3.63, 3.8) is 0 Å². The molecule has 0 radical (unpaired) electrons. The number of imide groups is 2. The van der Waals surface area contributed by atoms with Crippen molar-refractivity contribution in [1.82, 2.24) is 25.8 Å². The van der Waals surface area contributed by atoms with Crippen LogP contribution in [0.25, 0.3) is 0 Å². The summed E-state index contributed by atoms with van der Waals surface area (Å²) in [6.07, 6.45) is 16.1. The number of allylic oxidation sites excluding steroid dienone is 6. The molecule has 59 heavy (non-hydrogen) atoms. The van der Waals surface area contributed by atoms with Gasteiger partial charge < -0.3 is 20.9 Å². The molecule has 2 aliphatic carbocycles. The number of rotatable bonds is 11. The topological polar surface area (TPSA) is 173 Å². The molecule has 4 N–H and O–H groups in total. The number of unbranched alkanes of at least 4 members (excludes halogenated alkanes) is 1. The third kappa shape index (κ3) is 8.08. The van der Waals surface area contributed by atoms with Gasteiger partial charge in [-0.3, -0.25) is 48.9 Å². The van der Waals surface area contributed by atoms with Crippen LogP contribution in [0, 0.1) is 0 Å². The minimum Gasteiger partial charge on any atom is -0.368 e. The molecule has 4 aliphatic heterocycles. The maximum absolute atomic E-state index is 13.6. The van der Waals surface area contributed by atoms with Crippen LogP contribution in [0.15, 0.2) is 124 Å². The van der Waals surface area contributed by atoms with E-state index in [4.69, 9.17) is 0 Å². The molecule has 2 aromatic carbocycles. The molecule has 6 amide bonds. The standard InChI is InChI=1S/C45H46N8O6/c1-46-42(56)34-27-48-35-17-16-30(26-33(35)40(34)49-31-8-3-2-4-9-31)28-12-14-29(15-13-28)41(55)47-20-5-6-21-51-22-24-52(25-23-51)36-11-7-10-32-39(36)45(59)53(44(32)58)37-18-19-38(54)50-43(37)57/h2-4,7-12,14-17,26-27,35,37,49H,5-6,13,18-25H2,1H3,(H,46,56)(H,47,55)(H,50,54,57). The lowest BCUT2D eigenvalue weighted by Crippen LogP contribution is -2.54. The molecule has 2 atom stereocenters. The Labute approximate surface area is 342 Å². The minimum atomic E-state index is -0.998. The van der Waals surface area contributed by atoms with E-state index in [0.717, 1.165) is 59.8 Å². The molecule has 0 spiro atoms. The average molecular weight is 795 g/mol. The third-order valence-electron chi connectivity index (χ3n) is 11.5. The molecule has 4 heterocycles.